The first-order valence-electron chi connectivity index (χ1n) is 5.85. The second kappa shape index (κ2) is 5.59. The Morgan fingerprint density at radius 1 is 1.35 bits per heavy atom. The molecule has 0 aliphatic heterocycles. The molecule has 2 aromatic rings. The van der Waals surface area contributed by atoms with Crippen LogP contribution in [0.1, 0.15) is 17.0 Å². The van der Waals surface area contributed by atoms with E-state index in [9.17, 15) is 0 Å². The standard InChI is InChI=1S/C13H18N4/c1-11-4-3-5-12(8-11)6-7-14-9-13-16-15-10-17(13)2/h3-5,8,10,14H,6-7,9H2,1-2H3. The van der Waals surface area contributed by atoms with Crippen molar-refractivity contribution >= 4 is 0 Å². The van der Waals surface area contributed by atoms with Crippen molar-refractivity contribution in [2.45, 2.75) is 19.9 Å². The van der Waals surface area contributed by atoms with Crippen molar-refractivity contribution in [1.29, 1.82) is 0 Å². The highest BCUT2D eigenvalue weighted by atomic mass is 15.3. The highest BCUT2D eigenvalue weighted by molar-refractivity contribution is 5.22. The Kier molecular flexibility index (Phi) is 3.88. The van der Waals surface area contributed by atoms with E-state index < -0.39 is 0 Å². The predicted octanol–water partition coefficient (Wildman–Crippen LogP) is 1.46. The summed E-state index contributed by atoms with van der Waals surface area (Å²) in [5.74, 6) is 0.967. The fourth-order valence-corrected chi connectivity index (χ4v) is 1.77. The average Bonchev–Trinajstić information content (AvgIpc) is 2.71. The Balaban J connectivity index is 1.75. The molecule has 0 unspecified atom stereocenters. The molecule has 4 heteroatoms. The first-order chi connectivity index (χ1) is 8.25. The third-order valence-electron chi connectivity index (χ3n) is 2.76. The summed E-state index contributed by atoms with van der Waals surface area (Å²) in [6.07, 6.45) is 2.76. The zero-order valence-corrected chi connectivity index (χ0v) is 10.3. The zero-order chi connectivity index (χ0) is 12.1. The lowest BCUT2D eigenvalue weighted by atomic mass is 10.1. The van der Waals surface area contributed by atoms with Gasteiger partial charge in [0.25, 0.3) is 0 Å². The first kappa shape index (κ1) is 11.8. The van der Waals surface area contributed by atoms with Crippen LogP contribution in [0, 0.1) is 6.92 Å². The quantitative estimate of drug-likeness (QED) is 0.791. The maximum absolute atomic E-state index is 4.02. The van der Waals surface area contributed by atoms with E-state index in [4.69, 9.17) is 0 Å². The molecule has 17 heavy (non-hydrogen) atoms. The highest BCUT2D eigenvalue weighted by Gasteiger charge is 1.99. The van der Waals surface area contributed by atoms with Crippen LogP contribution in [0.15, 0.2) is 30.6 Å². The minimum absolute atomic E-state index is 0.766. The van der Waals surface area contributed by atoms with Crippen molar-refractivity contribution < 1.29 is 0 Å². The van der Waals surface area contributed by atoms with E-state index in [2.05, 4.69) is 46.7 Å². The van der Waals surface area contributed by atoms with Crippen LogP contribution in [0.3, 0.4) is 0 Å². The number of benzene rings is 1. The van der Waals surface area contributed by atoms with Crippen LogP contribution >= 0.6 is 0 Å². The summed E-state index contributed by atoms with van der Waals surface area (Å²) in [4.78, 5) is 0. The Hall–Kier alpha value is -1.68. The molecule has 0 saturated heterocycles. The van der Waals surface area contributed by atoms with Crippen molar-refractivity contribution in [2.24, 2.45) is 7.05 Å². The van der Waals surface area contributed by atoms with Gasteiger partial charge >= 0.3 is 0 Å². The molecule has 1 aromatic carbocycles. The van der Waals surface area contributed by atoms with Gasteiger partial charge in [-0.3, -0.25) is 0 Å². The minimum atomic E-state index is 0.766. The molecule has 0 spiro atoms. The number of hydrogen-bond donors (Lipinski definition) is 1. The van der Waals surface area contributed by atoms with Crippen molar-refractivity contribution in [3.05, 3.63) is 47.5 Å². The molecule has 0 amide bonds. The van der Waals surface area contributed by atoms with Crippen LogP contribution in [0.4, 0.5) is 0 Å². The fourth-order valence-electron chi connectivity index (χ4n) is 1.77. The average molecular weight is 230 g/mol. The molecule has 2 rings (SSSR count). The molecular formula is C13H18N4. The fraction of sp³-hybridized carbons (Fsp3) is 0.385. The minimum Gasteiger partial charge on any atom is -0.320 e. The van der Waals surface area contributed by atoms with Crippen LogP contribution < -0.4 is 5.32 Å². The van der Waals surface area contributed by atoms with Gasteiger partial charge in [-0.25, -0.2) is 0 Å². The SMILES string of the molecule is Cc1cccc(CCNCc2nncn2C)c1. The van der Waals surface area contributed by atoms with Gasteiger partial charge in [-0.2, -0.15) is 0 Å². The molecule has 0 aliphatic carbocycles. The van der Waals surface area contributed by atoms with Gasteiger partial charge in [0.05, 0.1) is 6.54 Å². The van der Waals surface area contributed by atoms with Crippen LogP contribution in [0.2, 0.25) is 0 Å². The summed E-state index contributed by atoms with van der Waals surface area (Å²) in [7, 11) is 1.96. The summed E-state index contributed by atoms with van der Waals surface area (Å²) in [5, 5.41) is 11.2. The number of nitrogens with zero attached hydrogens (tertiary/aromatic N) is 3. The molecule has 0 saturated carbocycles. The maximum Gasteiger partial charge on any atom is 0.146 e. The van der Waals surface area contributed by atoms with Gasteiger partial charge in [-0.15, -0.1) is 10.2 Å². The summed E-state index contributed by atoms with van der Waals surface area (Å²) >= 11 is 0. The monoisotopic (exact) mass is 230 g/mol. The Labute approximate surface area is 102 Å². The molecule has 0 fully saturated rings. The van der Waals surface area contributed by atoms with E-state index in [-0.39, 0.29) is 0 Å². The molecule has 1 aromatic heterocycles. The molecule has 1 N–H and O–H groups in total. The number of nitrogens with one attached hydrogen (secondary N) is 1. The molecule has 0 bridgehead atoms. The summed E-state index contributed by atoms with van der Waals surface area (Å²) < 4.78 is 1.93. The molecule has 0 aliphatic rings. The van der Waals surface area contributed by atoms with Gasteiger partial charge in [-0.1, -0.05) is 29.8 Å². The van der Waals surface area contributed by atoms with Gasteiger partial charge < -0.3 is 9.88 Å². The summed E-state index contributed by atoms with van der Waals surface area (Å²) in [5.41, 5.74) is 2.69. The lowest BCUT2D eigenvalue weighted by molar-refractivity contribution is 0.636. The Morgan fingerprint density at radius 3 is 2.94 bits per heavy atom. The molecule has 0 radical (unpaired) electrons. The van der Waals surface area contributed by atoms with E-state index >= 15 is 0 Å². The zero-order valence-electron chi connectivity index (χ0n) is 10.3. The number of aryl methyl sites for hydroxylation is 2. The summed E-state index contributed by atoms with van der Waals surface area (Å²) in [6.45, 7) is 3.84. The van der Waals surface area contributed by atoms with Gasteiger partial charge in [0.2, 0.25) is 0 Å². The number of hydrogen-bond acceptors (Lipinski definition) is 3. The molecular weight excluding hydrogens is 212 g/mol. The number of rotatable bonds is 5. The molecule has 1 heterocycles. The van der Waals surface area contributed by atoms with E-state index in [1.165, 1.54) is 11.1 Å². The van der Waals surface area contributed by atoms with E-state index in [1.54, 1.807) is 6.33 Å². The Bertz CT molecular complexity index is 476. The lowest BCUT2D eigenvalue weighted by Crippen LogP contribution is -2.19. The van der Waals surface area contributed by atoms with E-state index in [1.807, 2.05) is 11.6 Å². The predicted molar refractivity (Wildman–Crippen MR) is 67.6 cm³/mol. The molecule has 90 valence electrons. The van der Waals surface area contributed by atoms with Gasteiger partial charge in [0, 0.05) is 7.05 Å². The second-order valence-electron chi connectivity index (χ2n) is 4.27. The first-order valence-corrected chi connectivity index (χ1v) is 5.85. The van der Waals surface area contributed by atoms with Crippen molar-refractivity contribution in [1.82, 2.24) is 20.1 Å². The van der Waals surface area contributed by atoms with E-state index in [0.717, 1.165) is 25.3 Å². The summed E-state index contributed by atoms with van der Waals surface area (Å²) in [6, 6.07) is 8.62. The van der Waals surface area contributed by atoms with Crippen molar-refractivity contribution in [2.75, 3.05) is 6.54 Å². The lowest BCUT2D eigenvalue weighted by Gasteiger charge is -2.05. The van der Waals surface area contributed by atoms with Gasteiger partial charge in [-0.05, 0) is 25.5 Å². The third-order valence-corrected chi connectivity index (χ3v) is 2.76. The van der Waals surface area contributed by atoms with Gasteiger partial charge in [0.15, 0.2) is 0 Å². The Morgan fingerprint density at radius 2 is 2.24 bits per heavy atom. The third kappa shape index (κ3) is 3.39. The number of aromatic nitrogens is 3. The van der Waals surface area contributed by atoms with Crippen LogP contribution in [0.5, 0.6) is 0 Å². The van der Waals surface area contributed by atoms with Crippen LogP contribution in [0.25, 0.3) is 0 Å². The smallest absolute Gasteiger partial charge is 0.146 e. The normalized spacial score (nSPS) is 10.7. The maximum atomic E-state index is 4.02. The van der Waals surface area contributed by atoms with Gasteiger partial charge in [0.1, 0.15) is 12.2 Å². The largest absolute Gasteiger partial charge is 0.320 e. The molecule has 0 atom stereocenters. The second-order valence-corrected chi connectivity index (χ2v) is 4.27. The topological polar surface area (TPSA) is 42.7 Å². The van der Waals surface area contributed by atoms with Crippen LogP contribution in [-0.4, -0.2) is 21.3 Å². The molecule has 4 nitrogen and oxygen atoms in total. The van der Waals surface area contributed by atoms with E-state index in [0.29, 0.717) is 0 Å². The van der Waals surface area contributed by atoms with Crippen molar-refractivity contribution in [3.63, 3.8) is 0 Å². The highest BCUT2D eigenvalue weighted by Crippen LogP contribution is 2.04. The van der Waals surface area contributed by atoms with Crippen LogP contribution in [-0.2, 0) is 20.0 Å². The van der Waals surface area contributed by atoms with Crippen molar-refractivity contribution in [3.8, 4) is 0 Å².